The molecular weight excluding hydrogens is 208 g/mol. The lowest BCUT2D eigenvalue weighted by molar-refractivity contribution is 0.319. The minimum Gasteiger partial charge on any atom is -0.371 e. The van der Waals surface area contributed by atoms with Crippen LogP contribution in [0, 0.1) is 5.92 Å². The van der Waals surface area contributed by atoms with Crippen molar-refractivity contribution in [2.24, 2.45) is 5.92 Å². The van der Waals surface area contributed by atoms with Crippen LogP contribution in [0.1, 0.15) is 30.4 Å². The third-order valence-electron chi connectivity index (χ3n) is 4.22. The molecule has 3 rings (SSSR count). The number of nitrogens with zero attached hydrogens (tertiary/aromatic N) is 1. The molecule has 1 saturated carbocycles. The van der Waals surface area contributed by atoms with E-state index in [1.54, 1.807) is 5.56 Å². The fraction of sp³-hybridized carbons (Fsp3) is 0.600. The summed E-state index contributed by atoms with van der Waals surface area (Å²) in [7, 11) is 2.01. The van der Waals surface area contributed by atoms with E-state index in [-0.39, 0.29) is 0 Å². The highest BCUT2D eigenvalue weighted by Gasteiger charge is 2.25. The first-order valence-electron chi connectivity index (χ1n) is 6.88. The van der Waals surface area contributed by atoms with Crippen molar-refractivity contribution in [1.82, 2.24) is 5.32 Å². The molecule has 0 radical (unpaired) electrons. The second kappa shape index (κ2) is 4.69. The molecule has 1 heterocycles. The zero-order valence-electron chi connectivity index (χ0n) is 10.7. The van der Waals surface area contributed by atoms with E-state index in [1.807, 2.05) is 7.05 Å². The Bertz CT molecular complexity index is 396. The van der Waals surface area contributed by atoms with E-state index >= 15 is 0 Å². The lowest BCUT2D eigenvalue weighted by Gasteiger charge is -2.31. The molecule has 17 heavy (non-hydrogen) atoms. The lowest BCUT2D eigenvalue weighted by atomic mass is 9.85. The first-order valence-corrected chi connectivity index (χ1v) is 6.88. The molecule has 1 N–H and O–H groups in total. The Hall–Kier alpha value is -1.02. The quantitative estimate of drug-likeness (QED) is 0.855. The molecule has 2 aliphatic rings. The molecule has 1 fully saturated rings. The summed E-state index contributed by atoms with van der Waals surface area (Å²) in [6, 6.07) is 6.98. The van der Waals surface area contributed by atoms with Crippen molar-refractivity contribution in [2.75, 3.05) is 25.0 Å². The van der Waals surface area contributed by atoms with Crippen LogP contribution in [0.3, 0.4) is 0 Å². The summed E-state index contributed by atoms with van der Waals surface area (Å²) in [6.07, 6.45) is 5.58. The van der Waals surface area contributed by atoms with Crippen LogP contribution in [0.4, 0.5) is 5.69 Å². The van der Waals surface area contributed by atoms with Gasteiger partial charge in [-0.15, -0.1) is 0 Å². The summed E-state index contributed by atoms with van der Waals surface area (Å²) in [5.74, 6) is 0.970. The Morgan fingerprint density at radius 3 is 2.94 bits per heavy atom. The number of nitrogens with one attached hydrogen (secondary N) is 1. The molecule has 2 heteroatoms. The fourth-order valence-corrected chi connectivity index (χ4v) is 3.01. The van der Waals surface area contributed by atoms with Gasteiger partial charge in [0.05, 0.1) is 0 Å². The van der Waals surface area contributed by atoms with E-state index in [4.69, 9.17) is 0 Å². The van der Waals surface area contributed by atoms with Crippen LogP contribution in [-0.4, -0.2) is 20.1 Å². The number of rotatable bonds is 4. The second-order valence-corrected chi connectivity index (χ2v) is 5.49. The van der Waals surface area contributed by atoms with Crippen LogP contribution in [0.15, 0.2) is 18.2 Å². The lowest BCUT2D eigenvalue weighted by Crippen LogP contribution is -2.31. The van der Waals surface area contributed by atoms with Gasteiger partial charge < -0.3 is 10.2 Å². The predicted octanol–water partition coefficient (Wildman–Crippen LogP) is 2.57. The summed E-state index contributed by atoms with van der Waals surface area (Å²) in [5, 5.41) is 3.22. The van der Waals surface area contributed by atoms with E-state index in [2.05, 4.69) is 28.4 Å². The number of anilines is 1. The fourth-order valence-electron chi connectivity index (χ4n) is 3.01. The summed E-state index contributed by atoms with van der Waals surface area (Å²) in [5.41, 5.74) is 4.46. The van der Waals surface area contributed by atoms with Gasteiger partial charge in [0.15, 0.2) is 0 Å². The van der Waals surface area contributed by atoms with Crippen molar-refractivity contribution >= 4 is 5.69 Å². The smallest absolute Gasteiger partial charge is 0.0399 e. The summed E-state index contributed by atoms with van der Waals surface area (Å²) in [6.45, 7) is 3.50. The van der Waals surface area contributed by atoms with Gasteiger partial charge in [0.2, 0.25) is 0 Å². The van der Waals surface area contributed by atoms with Crippen molar-refractivity contribution in [2.45, 2.75) is 32.2 Å². The highest BCUT2D eigenvalue weighted by Crippen LogP contribution is 2.33. The van der Waals surface area contributed by atoms with Gasteiger partial charge in [0.25, 0.3) is 0 Å². The van der Waals surface area contributed by atoms with Gasteiger partial charge in [-0.05, 0) is 49.4 Å². The normalized spacial score (nSPS) is 19.2. The SMILES string of the molecule is CNCc1ccc2c(c1)CCN2CC1CCC1. The molecule has 0 aromatic heterocycles. The van der Waals surface area contributed by atoms with Crippen LogP contribution >= 0.6 is 0 Å². The molecule has 0 unspecified atom stereocenters. The first kappa shape index (κ1) is 11.1. The van der Waals surface area contributed by atoms with Crippen molar-refractivity contribution in [3.8, 4) is 0 Å². The summed E-state index contributed by atoms with van der Waals surface area (Å²) >= 11 is 0. The second-order valence-electron chi connectivity index (χ2n) is 5.49. The van der Waals surface area contributed by atoms with Gasteiger partial charge in [-0.25, -0.2) is 0 Å². The van der Waals surface area contributed by atoms with Crippen molar-refractivity contribution < 1.29 is 0 Å². The van der Waals surface area contributed by atoms with Crippen LogP contribution in [0.25, 0.3) is 0 Å². The topological polar surface area (TPSA) is 15.3 Å². The summed E-state index contributed by atoms with van der Waals surface area (Å²) in [4.78, 5) is 2.60. The molecule has 0 atom stereocenters. The van der Waals surface area contributed by atoms with Gasteiger partial charge in [0, 0.05) is 25.3 Å². The highest BCUT2D eigenvalue weighted by atomic mass is 15.1. The highest BCUT2D eigenvalue weighted by molar-refractivity contribution is 5.59. The van der Waals surface area contributed by atoms with Gasteiger partial charge in [-0.1, -0.05) is 18.6 Å². The molecule has 0 bridgehead atoms. The van der Waals surface area contributed by atoms with Crippen LogP contribution in [0.2, 0.25) is 0 Å². The Morgan fingerprint density at radius 1 is 1.35 bits per heavy atom. The van der Waals surface area contributed by atoms with Crippen molar-refractivity contribution in [1.29, 1.82) is 0 Å². The van der Waals surface area contributed by atoms with Gasteiger partial charge >= 0.3 is 0 Å². The average Bonchev–Trinajstić information content (AvgIpc) is 2.66. The summed E-state index contributed by atoms with van der Waals surface area (Å²) < 4.78 is 0. The largest absolute Gasteiger partial charge is 0.371 e. The maximum Gasteiger partial charge on any atom is 0.0399 e. The average molecular weight is 230 g/mol. The maximum atomic E-state index is 3.22. The Kier molecular flexibility index (Phi) is 3.06. The van der Waals surface area contributed by atoms with Gasteiger partial charge in [0.1, 0.15) is 0 Å². The van der Waals surface area contributed by atoms with E-state index in [0.717, 1.165) is 12.5 Å². The minimum atomic E-state index is 0.970. The molecule has 1 aromatic carbocycles. The molecule has 1 aliphatic heterocycles. The third kappa shape index (κ3) is 2.19. The predicted molar refractivity (Wildman–Crippen MR) is 72.5 cm³/mol. The molecule has 0 spiro atoms. The van der Waals surface area contributed by atoms with Crippen LogP contribution < -0.4 is 10.2 Å². The molecule has 0 saturated heterocycles. The Morgan fingerprint density at radius 2 is 2.24 bits per heavy atom. The van der Waals surface area contributed by atoms with Crippen LogP contribution in [-0.2, 0) is 13.0 Å². The minimum absolute atomic E-state index is 0.970. The molecule has 0 amide bonds. The van der Waals surface area contributed by atoms with E-state index in [1.165, 1.54) is 50.0 Å². The van der Waals surface area contributed by atoms with Crippen molar-refractivity contribution in [3.05, 3.63) is 29.3 Å². The maximum absolute atomic E-state index is 3.22. The number of hydrogen-bond donors (Lipinski definition) is 1. The Labute approximate surface area is 104 Å². The van der Waals surface area contributed by atoms with E-state index < -0.39 is 0 Å². The van der Waals surface area contributed by atoms with E-state index in [0.29, 0.717) is 0 Å². The number of benzene rings is 1. The van der Waals surface area contributed by atoms with E-state index in [9.17, 15) is 0 Å². The zero-order chi connectivity index (χ0) is 11.7. The van der Waals surface area contributed by atoms with Gasteiger partial charge in [-0.3, -0.25) is 0 Å². The monoisotopic (exact) mass is 230 g/mol. The molecule has 92 valence electrons. The standard InChI is InChI=1S/C15H22N2/c1-16-10-13-5-6-15-14(9-13)7-8-17(15)11-12-3-2-4-12/h5-6,9,12,16H,2-4,7-8,10-11H2,1H3. The first-order chi connectivity index (χ1) is 8.36. The Balaban J connectivity index is 1.73. The van der Waals surface area contributed by atoms with Crippen LogP contribution in [0.5, 0.6) is 0 Å². The molecule has 2 nitrogen and oxygen atoms in total. The molecule has 1 aliphatic carbocycles. The molecular formula is C15H22N2. The van der Waals surface area contributed by atoms with Gasteiger partial charge in [-0.2, -0.15) is 0 Å². The number of fused-ring (bicyclic) bond motifs is 1. The van der Waals surface area contributed by atoms with Crippen molar-refractivity contribution in [3.63, 3.8) is 0 Å². The molecule has 1 aromatic rings. The zero-order valence-corrected chi connectivity index (χ0v) is 10.7. The third-order valence-corrected chi connectivity index (χ3v) is 4.22. The number of hydrogen-bond acceptors (Lipinski definition) is 2.